The molecule has 0 aromatic carbocycles. The Kier molecular flexibility index (Phi) is 5.58. The van der Waals surface area contributed by atoms with Crippen LogP contribution in [-0.4, -0.2) is 50.8 Å². The highest BCUT2D eigenvalue weighted by atomic mass is 16.5. The molecule has 1 N–H and O–H groups in total. The SMILES string of the molecule is CC(C)C(CN(C)C)NCC1CCCO1. The molecule has 0 amide bonds. The quantitative estimate of drug-likeness (QED) is 0.722. The topological polar surface area (TPSA) is 24.5 Å². The van der Waals surface area contributed by atoms with Gasteiger partial charge in [-0.1, -0.05) is 13.8 Å². The molecule has 0 spiro atoms. The summed E-state index contributed by atoms with van der Waals surface area (Å²) in [7, 11) is 4.26. The number of nitrogens with zero attached hydrogens (tertiary/aromatic N) is 1. The maximum Gasteiger partial charge on any atom is 0.0700 e. The van der Waals surface area contributed by atoms with Gasteiger partial charge in [0.15, 0.2) is 0 Å². The third-order valence-electron chi connectivity index (χ3n) is 3.00. The second-order valence-electron chi connectivity index (χ2n) is 5.16. The smallest absolute Gasteiger partial charge is 0.0700 e. The van der Waals surface area contributed by atoms with Crippen LogP contribution in [0.15, 0.2) is 0 Å². The lowest BCUT2D eigenvalue weighted by atomic mass is 10.0. The minimum Gasteiger partial charge on any atom is -0.377 e. The summed E-state index contributed by atoms with van der Waals surface area (Å²) in [6, 6.07) is 0.573. The maximum absolute atomic E-state index is 5.61. The van der Waals surface area contributed by atoms with Gasteiger partial charge in [0.1, 0.15) is 0 Å². The fraction of sp³-hybridized carbons (Fsp3) is 1.00. The molecule has 1 heterocycles. The van der Waals surface area contributed by atoms with E-state index in [-0.39, 0.29) is 0 Å². The van der Waals surface area contributed by atoms with Gasteiger partial charge in [0, 0.05) is 25.7 Å². The predicted octanol–water partition coefficient (Wildman–Crippen LogP) is 1.34. The maximum atomic E-state index is 5.61. The van der Waals surface area contributed by atoms with E-state index in [0.29, 0.717) is 18.1 Å². The second-order valence-corrected chi connectivity index (χ2v) is 5.16. The molecule has 15 heavy (non-hydrogen) atoms. The highest BCUT2D eigenvalue weighted by Gasteiger charge is 2.19. The largest absolute Gasteiger partial charge is 0.377 e. The fourth-order valence-corrected chi connectivity index (χ4v) is 1.99. The van der Waals surface area contributed by atoms with Crippen LogP contribution in [0, 0.1) is 5.92 Å². The van der Waals surface area contributed by atoms with Crippen LogP contribution in [0.2, 0.25) is 0 Å². The highest BCUT2D eigenvalue weighted by Crippen LogP contribution is 2.11. The van der Waals surface area contributed by atoms with Crippen molar-refractivity contribution in [3.8, 4) is 0 Å². The van der Waals surface area contributed by atoms with Gasteiger partial charge in [0.05, 0.1) is 6.10 Å². The van der Waals surface area contributed by atoms with Gasteiger partial charge in [0.2, 0.25) is 0 Å². The molecule has 3 heteroatoms. The molecule has 2 atom stereocenters. The van der Waals surface area contributed by atoms with Crippen molar-refractivity contribution in [3.63, 3.8) is 0 Å². The zero-order valence-corrected chi connectivity index (χ0v) is 10.6. The van der Waals surface area contributed by atoms with Crippen LogP contribution in [0.4, 0.5) is 0 Å². The molecule has 3 nitrogen and oxygen atoms in total. The van der Waals surface area contributed by atoms with E-state index in [0.717, 1.165) is 19.7 Å². The molecule has 1 rings (SSSR count). The van der Waals surface area contributed by atoms with E-state index in [4.69, 9.17) is 4.74 Å². The molecule has 2 unspecified atom stereocenters. The summed E-state index contributed by atoms with van der Waals surface area (Å²) in [6.07, 6.45) is 2.90. The number of hydrogen-bond acceptors (Lipinski definition) is 3. The van der Waals surface area contributed by atoms with Crippen LogP contribution in [0.1, 0.15) is 26.7 Å². The van der Waals surface area contributed by atoms with E-state index >= 15 is 0 Å². The number of rotatable bonds is 6. The van der Waals surface area contributed by atoms with Gasteiger partial charge in [-0.25, -0.2) is 0 Å². The first-order valence-corrected chi connectivity index (χ1v) is 6.09. The van der Waals surface area contributed by atoms with E-state index in [9.17, 15) is 0 Å². The molecule has 0 aromatic rings. The van der Waals surface area contributed by atoms with Gasteiger partial charge < -0.3 is 15.0 Å². The summed E-state index contributed by atoms with van der Waals surface area (Å²) >= 11 is 0. The van der Waals surface area contributed by atoms with E-state index in [1.165, 1.54) is 12.8 Å². The van der Waals surface area contributed by atoms with Crippen molar-refractivity contribution in [2.24, 2.45) is 5.92 Å². The first-order chi connectivity index (χ1) is 7.09. The summed E-state index contributed by atoms with van der Waals surface area (Å²) in [5.74, 6) is 0.675. The van der Waals surface area contributed by atoms with Crippen LogP contribution in [0.3, 0.4) is 0 Å². The van der Waals surface area contributed by atoms with Crippen molar-refractivity contribution in [1.82, 2.24) is 10.2 Å². The molecule has 1 aliphatic heterocycles. The Bertz CT molecular complexity index is 165. The summed E-state index contributed by atoms with van der Waals surface area (Å²) < 4.78 is 5.61. The van der Waals surface area contributed by atoms with E-state index in [2.05, 4.69) is 38.2 Å². The van der Waals surface area contributed by atoms with Crippen molar-refractivity contribution in [3.05, 3.63) is 0 Å². The molecule has 1 aliphatic rings. The average Bonchev–Trinajstić information content (AvgIpc) is 2.63. The lowest BCUT2D eigenvalue weighted by Crippen LogP contribution is -2.44. The minimum atomic E-state index is 0.452. The molecule has 0 saturated carbocycles. The van der Waals surface area contributed by atoms with Gasteiger partial charge in [-0.2, -0.15) is 0 Å². The lowest BCUT2D eigenvalue weighted by Gasteiger charge is -2.26. The third-order valence-corrected chi connectivity index (χ3v) is 3.00. The highest BCUT2D eigenvalue weighted by molar-refractivity contribution is 4.76. The Hall–Kier alpha value is -0.120. The number of nitrogens with one attached hydrogen (secondary N) is 1. The van der Waals surface area contributed by atoms with E-state index in [1.54, 1.807) is 0 Å². The summed E-state index contributed by atoms with van der Waals surface area (Å²) in [6.45, 7) is 7.61. The lowest BCUT2D eigenvalue weighted by molar-refractivity contribution is 0.104. The van der Waals surface area contributed by atoms with Crippen molar-refractivity contribution in [2.75, 3.05) is 33.8 Å². The molecule has 0 radical (unpaired) electrons. The molecular weight excluding hydrogens is 188 g/mol. The van der Waals surface area contributed by atoms with Crippen molar-refractivity contribution >= 4 is 0 Å². The van der Waals surface area contributed by atoms with Gasteiger partial charge in [0.25, 0.3) is 0 Å². The molecule has 90 valence electrons. The van der Waals surface area contributed by atoms with Crippen molar-refractivity contribution in [1.29, 1.82) is 0 Å². The van der Waals surface area contributed by atoms with Crippen LogP contribution in [-0.2, 0) is 4.74 Å². The Balaban J connectivity index is 2.24. The Morgan fingerprint density at radius 3 is 2.60 bits per heavy atom. The molecule has 1 saturated heterocycles. The molecule has 0 bridgehead atoms. The predicted molar refractivity (Wildman–Crippen MR) is 64.2 cm³/mol. The first kappa shape index (κ1) is 12.9. The third kappa shape index (κ3) is 4.96. The summed E-state index contributed by atoms with van der Waals surface area (Å²) in [5.41, 5.74) is 0. The van der Waals surface area contributed by atoms with Crippen molar-refractivity contribution < 1.29 is 4.74 Å². The minimum absolute atomic E-state index is 0.452. The average molecular weight is 214 g/mol. The molecular formula is C12H26N2O. The number of likely N-dealkylation sites (N-methyl/N-ethyl adjacent to an activating group) is 1. The zero-order chi connectivity index (χ0) is 11.3. The van der Waals surface area contributed by atoms with Gasteiger partial charge in [-0.3, -0.25) is 0 Å². The molecule has 0 aliphatic carbocycles. The Morgan fingerprint density at radius 2 is 2.13 bits per heavy atom. The van der Waals surface area contributed by atoms with Crippen LogP contribution in [0.25, 0.3) is 0 Å². The summed E-state index contributed by atoms with van der Waals surface area (Å²) in [4.78, 5) is 2.24. The van der Waals surface area contributed by atoms with Gasteiger partial charge in [-0.15, -0.1) is 0 Å². The Morgan fingerprint density at radius 1 is 1.40 bits per heavy atom. The molecule has 0 aromatic heterocycles. The Labute approximate surface area is 94.2 Å². The zero-order valence-electron chi connectivity index (χ0n) is 10.6. The fourth-order valence-electron chi connectivity index (χ4n) is 1.99. The standard InChI is InChI=1S/C12H26N2O/c1-10(2)12(9-14(3)4)13-8-11-6-5-7-15-11/h10-13H,5-9H2,1-4H3. The van der Waals surface area contributed by atoms with Gasteiger partial charge >= 0.3 is 0 Å². The van der Waals surface area contributed by atoms with Gasteiger partial charge in [-0.05, 0) is 32.9 Å². The van der Waals surface area contributed by atoms with Crippen molar-refractivity contribution in [2.45, 2.75) is 38.8 Å². The van der Waals surface area contributed by atoms with E-state index < -0.39 is 0 Å². The molecule has 1 fully saturated rings. The number of ether oxygens (including phenoxy) is 1. The van der Waals surface area contributed by atoms with Crippen LogP contribution in [0.5, 0.6) is 0 Å². The number of hydrogen-bond donors (Lipinski definition) is 1. The second kappa shape index (κ2) is 6.46. The normalized spacial score (nSPS) is 24.0. The van der Waals surface area contributed by atoms with E-state index in [1.807, 2.05) is 0 Å². The first-order valence-electron chi connectivity index (χ1n) is 6.09. The van der Waals surface area contributed by atoms with Crippen LogP contribution < -0.4 is 5.32 Å². The monoisotopic (exact) mass is 214 g/mol. The van der Waals surface area contributed by atoms with Crippen LogP contribution >= 0.6 is 0 Å². The summed E-state index contributed by atoms with van der Waals surface area (Å²) in [5, 5.41) is 3.63.